The van der Waals surface area contributed by atoms with Gasteiger partial charge in [0.25, 0.3) is 0 Å². The number of nitrogens with one attached hydrogen (secondary N) is 2. The Bertz CT molecular complexity index is 353. The number of hydrogen-bond acceptors (Lipinski definition) is 3. The lowest BCUT2D eigenvalue weighted by Gasteiger charge is -2.14. The predicted octanol–water partition coefficient (Wildman–Crippen LogP) is 2.15. The zero-order valence-electron chi connectivity index (χ0n) is 9.91. The Morgan fingerprint density at radius 1 is 1.50 bits per heavy atom. The molecule has 4 nitrogen and oxygen atoms in total. The van der Waals surface area contributed by atoms with E-state index in [-0.39, 0.29) is 6.04 Å². The van der Waals surface area contributed by atoms with E-state index in [1.54, 1.807) is 0 Å². The fourth-order valence-electron chi connectivity index (χ4n) is 1.34. The monoisotopic (exact) mass is 222 g/mol. The van der Waals surface area contributed by atoms with E-state index < -0.39 is 6.09 Å². The van der Waals surface area contributed by atoms with E-state index in [1.807, 2.05) is 32.0 Å². The number of carbonyl (C=O) groups is 1. The van der Waals surface area contributed by atoms with Crippen LogP contribution in [0.15, 0.2) is 24.3 Å². The normalized spacial score (nSPS) is 11.7. The van der Waals surface area contributed by atoms with Crippen molar-refractivity contribution >= 4 is 11.8 Å². The van der Waals surface area contributed by atoms with Crippen LogP contribution in [0.3, 0.4) is 0 Å². The summed E-state index contributed by atoms with van der Waals surface area (Å²) in [5.74, 6) is 0. The maximum atomic E-state index is 10.9. The van der Waals surface area contributed by atoms with Gasteiger partial charge in [-0.2, -0.15) is 0 Å². The van der Waals surface area contributed by atoms with Crippen LogP contribution in [-0.4, -0.2) is 25.8 Å². The van der Waals surface area contributed by atoms with E-state index in [9.17, 15) is 4.79 Å². The number of anilines is 1. The van der Waals surface area contributed by atoms with Crippen molar-refractivity contribution in [2.45, 2.75) is 19.9 Å². The minimum Gasteiger partial charge on any atom is -0.453 e. The molecule has 0 fully saturated rings. The molecular formula is C12H18N2O2. The van der Waals surface area contributed by atoms with Gasteiger partial charge in [0.1, 0.15) is 0 Å². The molecule has 88 valence electrons. The molecule has 1 rings (SSSR count). The van der Waals surface area contributed by atoms with Crippen LogP contribution < -0.4 is 10.6 Å². The molecule has 1 amide bonds. The first-order valence-electron chi connectivity index (χ1n) is 5.27. The van der Waals surface area contributed by atoms with Crippen molar-refractivity contribution in [3.8, 4) is 0 Å². The summed E-state index contributed by atoms with van der Waals surface area (Å²) >= 11 is 0. The molecule has 1 aromatic rings. The number of hydrogen-bond donors (Lipinski definition) is 2. The second-order valence-electron chi connectivity index (χ2n) is 3.79. The van der Waals surface area contributed by atoms with Gasteiger partial charge in [0.2, 0.25) is 0 Å². The second kappa shape index (κ2) is 6.00. The summed E-state index contributed by atoms with van der Waals surface area (Å²) in [7, 11) is 1.36. The predicted molar refractivity (Wildman–Crippen MR) is 64.7 cm³/mol. The second-order valence-corrected chi connectivity index (χ2v) is 3.79. The molecule has 0 radical (unpaired) electrons. The van der Waals surface area contributed by atoms with Gasteiger partial charge in [0.15, 0.2) is 0 Å². The number of aryl methyl sites for hydroxylation is 1. The third-order valence-electron chi connectivity index (χ3n) is 2.18. The highest BCUT2D eigenvalue weighted by atomic mass is 16.5. The summed E-state index contributed by atoms with van der Waals surface area (Å²) < 4.78 is 4.51. The van der Waals surface area contributed by atoms with E-state index >= 15 is 0 Å². The van der Waals surface area contributed by atoms with Crippen molar-refractivity contribution in [3.63, 3.8) is 0 Å². The first-order chi connectivity index (χ1) is 7.61. The van der Waals surface area contributed by atoms with Gasteiger partial charge in [0, 0.05) is 18.3 Å². The van der Waals surface area contributed by atoms with Crippen LogP contribution in [0.2, 0.25) is 0 Å². The van der Waals surface area contributed by atoms with Crippen molar-refractivity contribution in [1.29, 1.82) is 0 Å². The number of rotatable bonds is 4. The molecule has 16 heavy (non-hydrogen) atoms. The minimum absolute atomic E-state index is 0.0213. The Labute approximate surface area is 96.0 Å². The SMILES string of the molecule is COC(=O)NC(C)CNc1cccc(C)c1. The molecule has 0 aromatic heterocycles. The number of carbonyl (C=O) groups excluding carboxylic acids is 1. The molecular weight excluding hydrogens is 204 g/mol. The van der Waals surface area contributed by atoms with E-state index in [0.717, 1.165) is 5.69 Å². The van der Waals surface area contributed by atoms with Crippen LogP contribution in [0.5, 0.6) is 0 Å². The number of alkyl carbamates (subject to hydrolysis) is 1. The standard InChI is InChI=1S/C12H18N2O2/c1-9-5-4-6-11(7-9)13-8-10(2)14-12(15)16-3/h4-7,10,13H,8H2,1-3H3,(H,14,15). The average Bonchev–Trinajstić information content (AvgIpc) is 2.26. The summed E-state index contributed by atoms with van der Waals surface area (Å²) in [4.78, 5) is 10.9. The molecule has 0 heterocycles. The van der Waals surface area contributed by atoms with Gasteiger partial charge in [-0.15, -0.1) is 0 Å². The lowest BCUT2D eigenvalue weighted by Crippen LogP contribution is -2.37. The van der Waals surface area contributed by atoms with Crippen LogP contribution in [0.1, 0.15) is 12.5 Å². The molecule has 0 aliphatic rings. The molecule has 0 saturated heterocycles. The molecule has 0 aliphatic carbocycles. The number of benzene rings is 1. The molecule has 0 bridgehead atoms. The fourth-order valence-corrected chi connectivity index (χ4v) is 1.34. The maximum absolute atomic E-state index is 10.9. The quantitative estimate of drug-likeness (QED) is 0.820. The van der Waals surface area contributed by atoms with Crippen molar-refractivity contribution < 1.29 is 9.53 Å². The molecule has 2 N–H and O–H groups in total. The van der Waals surface area contributed by atoms with Crippen LogP contribution in [-0.2, 0) is 4.74 Å². The molecule has 1 aromatic carbocycles. The number of amides is 1. The summed E-state index contributed by atoms with van der Waals surface area (Å²) in [5, 5.41) is 5.94. The van der Waals surface area contributed by atoms with Gasteiger partial charge < -0.3 is 15.4 Å². The third-order valence-corrected chi connectivity index (χ3v) is 2.18. The summed E-state index contributed by atoms with van der Waals surface area (Å²) in [6.07, 6.45) is -0.404. The Morgan fingerprint density at radius 2 is 2.25 bits per heavy atom. The highest BCUT2D eigenvalue weighted by molar-refractivity contribution is 5.67. The first kappa shape index (κ1) is 12.4. The van der Waals surface area contributed by atoms with Crippen LogP contribution in [0, 0.1) is 6.92 Å². The van der Waals surface area contributed by atoms with Crippen molar-refractivity contribution in [3.05, 3.63) is 29.8 Å². The van der Waals surface area contributed by atoms with Gasteiger partial charge in [-0.3, -0.25) is 0 Å². The lowest BCUT2D eigenvalue weighted by molar-refractivity contribution is 0.168. The lowest BCUT2D eigenvalue weighted by atomic mass is 10.2. The highest BCUT2D eigenvalue weighted by Crippen LogP contribution is 2.09. The van der Waals surface area contributed by atoms with Gasteiger partial charge in [-0.1, -0.05) is 12.1 Å². The summed E-state index contributed by atoms with van der Waals surface area (Å²) in [6, 6.07) is 8.12. The van der Waals surface area contributed by atoms with Gasteiger partial charge >= 0.3 is 6.09 Å². The fraction of sp³-hybridized carbons (Fsp3) is 0.417. The molecule has 0 spiro atoms. The minimum atomic E-state index is -0.404. The van der Waals surface area contributed by atoms with Gasteiger partial charge in [0.05, 0.1) is 7.11 Å². The van der Waals surface area contributed by atoms with Crippen LogP contribution in [0.25, 0.3) is 0 Å². The Hall–Kier alpha value is -1.71. The van der Waals surface area contributed by atoms with E-state index in [2.05, 4.69) is 21.4 Å². The molecule has 1 unspecified atom stereocenters. The third kappa shape index (κ3) is 4.21. The van der Waals surface area contributed by atoms with E-state index in [0.29, 0.717) is 6.54 Å². The zero-order chi connectivity index (χ0) is 12.0. The van der Waals surface area contributed by atoms with E-state index in [4.69, 9.17) is 0 Å². The average molecular weight is 222 g/mol. The molecule has 4 heteroatoms. The first-order valence-corrected chi connectivity index (χ1v) is 5.27. The Morgan fingerprint density at radius 3 is 2.88 bits per heavy atom. The zero-order valence-corrected chi connectivity index (χ0v) is 9.91. The topological polar surface area (TPSA) is 50.4 Å². The van der Waals surface area contributed by atoms with Crippen LogP contribution >= 0.6 is 0 Å². The Kier molecular flexibility index (Phi) is 4.64. The molecule has 0 saturated carbocycles. The van der Waals surface area contributed by atoms with Gasteiger partial charge in [-0.25, -0.2) is 4.79 Å². The van der Waals surface area contributed by atoms with E-state index in [1.165, 1.54) is 12.7 Å². The molecule has 1 atom stereocenters. The van der Waals surface area contributed by atoms with Crippen molar-refractivity contribution in [1.82, 2.24) is 5.32 Å². The number of ether oxygens (including phenoxy) is 1. The van der Waals surface area contributed by atoms with Gasteiger partial charge in [-0.05, 0) is 31.5 Å². The largest absolute Gasteiger partial charge is 0.453 e. The maximum Gasteiger partial charge on any atom is 0.407 e. The van der Waals surface area contributed by atoms with Crippen LogP contribution in [0.4, 0.5) is 10.5 Å². The smallest absolute Gasteiger partial charge is 0.407 e. The summed E-state index contributed by atoms with van der Waals surface area (Å²) in [5.41, 5.74) is 2.26. The van der Waals surface area contributed by atoms with Crippen molar-refractivity contribution in [2.75, 3.05) is 19.0 Å². The Balaban J connectivity index is 2.37. The summed E-state index contributed by atoms with van der Waals surface area (Å²) in [6.45, 7) is 4.62. The molecule has 0 aliphatic heterocycles. The van der Waals surface area contributed by atoms with Crippen molar-refractivity contribution in [2.24, 2.45) is 0 Å². The number of methoxy groups -OCH3 is 1. The highest BCUT2D eigenvalue weighted by Gasteiger charge is 2.05.